The highest BCUT2D eigenvalue weighted by molar-refractivity contribution is 6.77. The van der Waals surface area contributed by atoms with Gasteiger partial charge >= 0.3 is 5.97 Å². The van der Waals surface area contributed by atoms with Gasteiger partial charge in [-0.15, -0.1) is 0 Å². The fraction of sp³-hybridized carbons (Fsp3) is 0.625. The van der Waals surface area contributed by atoms with E-state index in [4.69, 9.17) is 30.2 Å². The van der Waals surface area contributed by atoms with Crippen molar-refractivity contribution in [2.24, 2.45) is 16.7 Å². The molecule has 0 aliphatic carbocycles. The van der Waals surface area contributed by atoms with E-state index in [0.717, 1.165) is 11.1 Å². The Hall–Kier alpha value is -3.71. The summed E-state index contributed by atoms with van der Waals surface area (Å²) in [4.78, 5) is 55.6. The molecule has 61 heavy (non-hydrogen) atoms. The van der Waals surface area contributed by atoms with Gasteiger partial charge in [0.2, 0.25) is 26.0 Å². The average Bonchev–Trinajstić information content (AvgIpc) is 3.97. The van der Waals surface area contributed by atoms with Crippen molar-refractivity contribution in [2.45, 2.75) is 169 Å². The highest BCUT2D eigenvalue weighted by Gasteiger charge is 2.49. The van der Waals surface area contributed by atoms with Gasteiger partial charge in [0, 0.05) is 24.8 Å². The second-order valence-corrected chi connectivity index (χ2v) is 25.7. The lowest BCUT2D eigenvalue weighted by atomic mass is 9.82. The third-order valence-electron chi connectivity index (χ3n) is 12.8. The molecule has 2 heterocycles. The summed E-state index contributed by atoms with van der Waals surface area (Å²) in [6.45, 7) is 27.4. The molecule has 2 aromatic carbocycles. The quantitative estimate of drug-likeness (QED) is 0.103. The molecule has 0 spiro atoms. The van der Waals surface area contributed by atoms with Crippen molar-refractivity contribution in [1.29, 1.82) is 0 Å². The zero-order valence-corrected chi connectivity index (χ0v) is 40.7. The Balaban J connectivity index is 1.60. The number of halogens is 1. The van der Waals surface area contributed by atoms with E-state index in [1.165, 1.54) is 13.2 Å². The number of hydrogen-bond acceptors (Lipinski definition) is 8. The molecule has 0 bridgehead atoms. The Morgan fingerprint density at radius 3 is 2.03 bits per heavy atom. The third kappa shape index (κ3) is 12.7. The van der Waals surface area contributed by atoms with Crippen LogP contribution in [0.25, 0.3) is 0 Å². The van der Waals surface area contributed by atoms with E-state index in [1.54, 1.807) is 45.0 Å². The van der Waals surface area contributed by atoms with Crippen LogP contribution in [0.5, 0.6) is 5.75 Å². The topological polar surface area (TPSA) is 145 Å². The number of rotatable bonds is 13. The van der Waals surface area contributed by atoms with Gasteiger partial charge in [0.15, 0.2) is 0 Å². The van der Waals surface area contributed by atoms with Crippen LogP contribution in [-0.4, -0.2) is 69.5 Å². The van der Waals surface area contributed by atoms with Crippen LogP contribution in [0.4, 0.5) is 0 Å². The summed E-state index contributed by atoms with van der Waals surface area (Å²) in [5.41, 5.74) is 2.80. The number of hydrogen-bond donors (Lipinski definition) is 3. The van der Waals surface area contributed by atoms with E-state index < -0.39 is 61.7 Å². The number of cyclic esters (lactones) is 1. The molecule has 338 valence electrons. The van der Waals surface area contributed by atoms with Crippen molar-refractivity contribution in [3.8, 4) is 5.75 Å². The van der Waals surface area contributed by atoms with Crippen LogP contribution in [0.3, 0.4) is 0 Å². The molecule has 1 saturated heterocycles. The summed E-state index contributed by atoms with van der Waals surface area (Å²) in [7, 11) is -0.508. The molecule has 2 aliphatic heterocycles. The minimum atomic E-state index is -2.02. The third-order valence-corrected chi connectivity index (χ3v) is 19.1. The van der Waals surface area contributed by atoms with Crippen LogP contribution >= 0.6 is 11.6 Å². The maximum Gasteiger partial charge on any atom is 0.328 e. The molecule has 0 saturated carbocycles. The molecule has 3 amide bonds. The number of carbonyl (C=O) groups excluding carboxylic acids is 4. The van der Waals surface area contributed by atoms with Gasteiger partial charge in [-0.2, -0.15) is 0 Å². The van der Waals surface area contributed by atoms with Crippen LogP contribution in [0, 0.1) is 16.7 Å². The summed E-state index contributed by atoms with van der Waals surface area (Å²) in [6.07, 6.45) is 2.50. The summed E-state index contributed by atoms with van der Waals surface area (Å²) in [5.74, 6) is -1.75. The van der Waals surface area contributed by atoms with Gasteiger partial charge in [0.05, 0.1) is 30.3 Å². The monoisotopic (exact) mass is 881 g/mol. The number of benzene rings is 2. The molecule has 13 heteroatoms. The number of amides is 3. The first-order chi connectivity index (χ1) is 28.4. The second-order valence-electron chi connectivity index (χ2n) is 19.8. The SMILES string of the molecule is COc1ccc(C[C@H]2NC(=O)/C=C/C[C@@H]([C@H](C)[C@H]3O[C@@H]3c3ccc(CO[Si](C(C)C)(C(C)C)C(C)C)cc3)OC(=O)[C@H](CC(C)(C)C)NC(=O)C(C)(C)[C@H](C)NC2=O)cc1Cl. The average molecular weight is 883 g/mol. The molecule has 3 N–H and O–H groups in total. The molecule has 7 atom stereocenters. The number of nitrogens with one attached hydrogen (secondary N) is 3. The predicted molar refractivity (Wildman–Crippen MR) is 244 cm³/mol. The molecule has 0 radical (unpaired) electrons. The molecular weight excluding hydrogens is 810 g/mol. The van der Waals surface area contributed by atoms with Crippen molar-refractivity contribution in [3.05, 3.63) is 76.3 Å². The summed E-state index contributed by atoms with van der Waals surface area (Å²) in [6, 6.07) is 10.9. The first-order valence-corrected chi connectivity index (χ1v) is 24.4. The van der Waals surface area contributed by atoms with Crippen molar-refractivity contribution in [1.82, 2.24) is 16.0 Å². The minimum absolute atomic E-state index is 0.129. The highest BCUT2D eigenvalue weighted by Crippen LogP contribution is 2.46. The molecule has 2 aromatic rings. The van der Waals surface area contributed by atoms with Gasteiger partial charge in [-0.1, -0.05) is 117 Å². The van der Waals surface area contributed by atoms with Gasteiger partial charge in [0.25, 0.3) is 0 Å². The van der Waals surface area contributed by atoms with Crippen LogP contribution < -0.4 is 20.7 Å². The fourth-order valence-electron chi connectivity index (χ4n) is 8.77. The van der Waals surface area contributed by atoms with E-state index in [9.17, 15) is 19.2 Å². The van der Waals surface area contributed by atoms with Crippen LogP contribution in [-0.2, 0) is 46.1 Å². The van der Waals surface area contributed by atoms with Gasteiger partial charge in [-0.3, -0.25) is 14.4 Å². The maximum atomic E-state index is 14.1. The van der Waals surface area contributed by atoms with Crippen LogP contribution in [0.2, 0.25) is 21.6 Å². The Kier molecular flexibility index (Phi) is 16.9. The zero-order chi connectivity index (χ0) is 45.6. The molecule has 11 nitrogen and oxygen atoms in total. The van der Waals surface area contributed by atoms with Crippen molar-refractivity contribution in [2.75, 3.05) is 7.11 Å². The fourth-order valence-corrected chi connectivity index (χ4v) is 14.5. The summed E-state index contributed by atoms with van der Waals surface area (Å²) < 4.78 is 24.7. The van der Waals surface area contributed by atoms with E-state index in [0.29, 0.717) is 46.0 Å². The molecule has 2 aliphatic rings. The number of carbonyl (C=O) groups is 4. The van der Waals surface area contributed by atoms with Gasteiger partial charge in [0.1, 0.15) is 30.0 Å². The second kappa shape index (κ2) is 20.6. The first-order valence-electron chi connectivity index (χ1n) is 21.9. The Morgan fingerprint density at radius 1 is 0.869 bits per heavy atom. The highest BCUT2D eigenvalue weighted by atomic mass is 35.5. The smallest absolute Gasteiger partial charge is 0.328 e. The lowest BCUT2D eigenvalue weighted by Gasteiger charge is -2.42. The summed E-state index contributed by atoms with van der Waals surface area (Å²) in [5, 5.41) is 9.13. The van der Waals surface area contributed by atoms with E-state index >= 15 is 0 Å². The molecule has 4 rings (SSSR count). The van der Waals surface area contributed by atoms with Crippen molar-refractivity contribution < 1.29 is 37.8 Å². The normalized spacial score (nSPS) is 25.4. The zero-order valence-electron chi connectivity index (χ0n) is 38.9. The largest absolute Gasteiger partial charge is 0.495 e. The summed E-state index contributed by atoms with van der Waals surface area (Å²) >= 11 is 6.41. The number of epoxide rings is 1. The van der Waals surface area contributed by atoms with Gasteiger partial charge < -0.3 is 34.6 Å². The lowest BCUT2D eigenvalue weighted by molar-refractivity contribution is -0.157. The minimum Gasteiger partial charge on any atom is -0.495 e. The van der Waals surface area contributed by atoms with E-state index in [-0.39, 0.29) is 36.4 Å². The lowest BCUT2D eigenvalue weighted by Crippen LogP contribution is -2.58. The number of ether oxygens (including phenoxy) is 3. The van der Waals surface area contributed by atoms with E-state index in [1.807, 2.05) is 27.7 Å². The van der Waals surface area contributed by atoms with Gasteiger partial charge in [-0.25, -0.2) is 4.79 Å². The number of esters is 1. The van der Waals surface area contributed by atoms with E-state index in [2.05, 4.69) is 81.8 Å². The molecule has 0 aromatic heterocycles. The molecule has 1 fully saturated rings. The van der Waals surface area contributed by atoms with Gasteiger partial charge in [-0.05, 0) is 84.1 Å². The van der Waals surface area contributed by atoms with Crippen LogP contribution in [0.1, 0.15) is 126 Å². The number of methoxy groups -OCH3 is 1. The standard InChI is InChI=1S/C48H72ClN3O8Si/c1-28(2)61(29(3)4,30(5)6)58-27-33-18-21-35(22-19-33)43-42(60-43)31(7)39-16-15-17-41(53)51-37(25-34-20-23-40(57-14)36(49)24-34)44(54)50-32(8)48(12,13)46(56)52-38(45(55)59-39)26-47(9,10)11/h15,17-24,28-32,37-39,42-43H,16,25-27H2,1-14H3,(H,50,54)(H,51,53)(H,52,56)/b17-15+/t31-,32-,37+,38-,39-,42+,43+/m0/s1. The molecular formula is C48H72ClN3O8Si. The van der Waals surface area contributed by atoms with Crippen molar-refractivity contribution >= 4 is 43.6 Å². The maximum absolute atomic E-state index is 14.1. The predicted octanol–water partition coefficient (Wildman–Crippen LogP) is 9.17. The first kappa shape index (κ1) is 49.9. The Bertz CT molecular complexity index is 1850. The van der Waals surface area contributed by atoms with Crippen LogP contribution in [0.15, 0.2) is 54.6 Å². The molecule has 0 unspecified atom stereocenters. The Labute approximate surface area is 370 Å². The van der Waals surface area contributed by atoms with Crippen molar-refractivity contribution in [3.63, 3.8) is 0 Å². The Morgan fingerprint density at radius 2 is 1.48 bits per heavy atom.